The van der Waals surface area contributed by atoms with Crippen LogP contribution in [-0.2, 0) is 27.8 Å². The lowest BCUT2D eigenvalue weighted by molar-refractivity contribution is -0.143. The van der Waals surface area contributed by atoms with Gasteiger partial charge in [-0.2, -0.15) is 0 Å². The van der Waals surface area contributed by atoms with Crippen LogP contribution in [0.3, 0.4) is 0 Å². The van der Waals surface area contributed by atoms with Crippen LogP contribution in [-0.4, -0.2) is 68.0 Å². The average Bonchev–Trinajstić information content (AvgIpc) is 3.56. The van der Waals surface area contributed by atoms with Gasteiger partial charge in [-0.05, 0) is 86.9 Å². The van der Waals surface area contributed by atoms with Gasteiger partial charge in [-0.25, -0.2) is 9.37 Å². The molecule has 41 heavy (non-hydrogen) atoms. The number of carboxylic acid groups (broad SMARTS) is 1. The molecule has 9 heteroatoms. The number of ether oxygens (including phenoxy) is 3. The van der Waals surface area contributed by atoms with Gasteiger partial charge in [0.05, 0.1) is 20.8 Å². The lowest BCUT2D eigenvalue weighted by Gasteiger charge is -2.27. The van der Waals surface area contributed by atoms with Gasteiger partial charge in [0, 0.05) is 42.6 Å². The maximum absolute atomic E-state index is 15.0. The number of aryl methyl sites for hydroxylation is 1. The monoisotopic (exact) mass is 569 g/mol. The highest BCUT2D eigenvalue weighted by atomic mass is 19.1. The third kappa shape index (κ3) is 6.78. The Morgan fingerprint density at radius 3 is 2.78 bits per heavy atom. The number of nitrogens with zero attached hydrogens (tertiary/aromatic N) is 2. The quantitative estimate of drug-likeness (QED) is 0.287. The first-order valence-electron chi connectivity index (χ1n) is 15.1. The van der Waals surface area contributed by atoms with Crippen molar-refractivity contribution in [3.63, 3.8) is 0 Å². The SMILES string of the molecule is COc1cc(CCCCCOC[C@@H]2CCN(C(C(=O)O)c3cc(C4(C)CC4)cc(F)c3OC)C2)nc2c1CCCN2. The van der Waals surface area contributed by atoms with Crippen LogP contribution >= 0.6 is 0 Å². The molecule has 0 amide bonds. The molecule has 2 N–H and O–H groups in total. The number of fused-ring (bicyclic) bond motifs is 1. The van der Waals surface area contributed by atoms with Crippen molar-refractivity contribution in [2.24, 2.45) is 5.92 Å². The second-order valence-corrected chi connectivity index (χ2v) is 12.1. The molecule has 0 radical (unpaired) electrons. The first-order valence-corrected chi connectivity index (χ1v) is 15.1. The minimum absolute atomic E-state index is 0.0328. The zero-order valence-corrected chi connectivity index (χ0v) is 24.6. The van der Waals surface area contributed by atoms with Crippen LogP contribution in [0, 0.1) is 11.7 Å². The Morgan fingerprint density at radius 2 is 2.05 bits per heavy atom. The van der Waals surface area contributed by atoms with Crippen LogP contribution < -0.4 is 14.8 Å². The Labute approximate surface area is 242 Å². The van der Waals surface area contributed by atoms with E-state index in [2.05, 4.69) is 18.3 Å². The van der Waals surface area contributed by atoms with Crippen molar-refractivity contribution in [1.82, 2.24) is 9.88 Å². The predicted molar refractivity (Wildman–Crippen MR) is 156 cm³/mol. The number of aliphatic carboxylic acids is 1. The number of likely N-dealkylation sites (tertiary alicyclic amines) is 1. The van der Waals surface area contributed by atoms with Gasteiger partial charge in [0.1, 0.15) is 17.6 Å². The van der Waals surface area contributed by atoms with Crippen LogP contribution in [0.15, 0.2) is 18.2 Å². The maximum Gasteiger partial charge on any atom is 0.325 e. The van der Waals surface area contributed by atoms with Crippen molar-refractivity contribution >= 4 is 11.8 Å². The number of hydrogen-bond donors (Lipinski definition) is 2. The number of carboxylic acids is 1. The van der Waals surface area contributed by atoms with E-state index in [0.717, 1.165) is 87.2 Å². The Morgan fingerprint density at radius 1 is 1.22 bits per heavy atom. The van der Waals surface area contributed by atoms with Crippen molar-refractivity contribution in [3.05, 3.63) is 46.4 Å². The van der Waals surface area contributed by atoms with Gasteiger partial charge >= 0.3 is 5.97 Å². The highest BCUT2D eigenvalue weighted by Gasteiger charge is 2.42. The molecule has 1 aromatic carbocycles. The predicted octanol–water partition coefficient (Wildman–Crippen LogP) is 5.52. The van der Waals surface area contributed by atoms with Crippen molar-refractivity contribution in [1.29, 1.82) is 0 Å². The van der Waals surface area contributed by atoms with Crippen molar-refractivity contribution in [3.8, 4) is 11.5 Å². The van der Waals surface area contributed by atoms with E-state index in [1.807, 2.05) is 11.0 Å². The normalized spacial score (nSPS) is 20.2. The minimum atomic E-state index is -0.982. The van der Waals surface area contributed by atoms with Gasteiger partial charge in [0.2, 0.25) is 0 Å². The molecule has 2 aromatic rings. The average molecular weight is 570 g/mol. The summed E-state index contributed by atoms with van der Waals surface area (Å²) in [6.07, 6.45) is 8.88. The third-order valence-corrected chi connectivity index (χ3v) is 9.01. The largest absolute Gasteiger partial charge is 0.496 e. The highest BCUT2D eigenvalue weighted by Crippen LogP contribution is 2.49. The molecule has 5 rings (SSSR count). The number of hydrogen-bond acceptors (Lipinski definition) is 7. The molecule has 1 saturated heterocycles. The number of anilines is 1. The maximum atomic E-state index is 15.0. The molecule has 1 unspecified atom stereocenters. The molecule has 3 heterocycles. The summed E-state index contributed by atoms with van der Waals surface area (Å²) in [5, 5.41) is 13.6. The fourth-order valence-electron chi connectivity index (χ4n) is 6.28. The van der Waals surface area contributed by atoms with Gasteiger partial charge in [-0.15, -0.1) is 0 Å². The summed E-state index contributed by atoms with van der Waals surface area (Å²) in [6, 6.07) is 4.49. The van der Waals surface area contributed by atoms with Crippen molar-refractivity contribution in [2.75, 3.05) is 52.4 Å². The molecule has 2 aliphatic heterocycles. The number of nitrogens with one attached hydrogen (secondary N) is 1. The molecule has 0 bridgehead atoms. The Balaban J connectivity index is 1.08. The first kappa shape index (κ1) is 29.6. The Kier molecular flexibility index (Phi) is 9.34. The lowest BCUT2D eigenvalue weighted by Crippen LogP contribution is -2.33. The summed E-state index contributed by atoms with van der Waals surface area (Å²) < 4.78 is 31.9. The van der Waals surface area contributed by atoms with E-state index in [0.29, 0.717) is 31.9 Å². The zero-order chi connectivity index (χ0) is 29.0. The number of halogens is 1. The van der Waals surface area contributed by atoms with E-state index in [9.17, 15) is 14.3 Å². The van der Waals surface area contributed by atoms with E-state index in [-0.39, 0.29) is 17.1 Å². The van der Waals surface area contributed by atoms with Gasteiger partial charge in [0.25, 0.3) is 0 Å². The van der Waals surface area contributed by atoms with Crippen LogP contribution in [0.5, 0.6) is 11.5 Å². The summed E-state index contributed by atoms with van der Waals surface area (Å²) >= 11 is 0. The topological polar surface area (TPSA) is 93.2 Å². The fourth-order valence-corrected chi connectivity index (χ4v) is 6.28. The van der Waals surface area contributed by atoms with Crippen LogP contribution in [0.1, 0.15) is 80.3 Å². The lowest BCUT2D eigenvalue weighted by atomic mass is 9.92. The summed E-state index contributed by atoms with van der Waals surface area (Å²) in [4.78, 5) is 19.2. The third-order valence-electron chi connectivity index (χ3n) is 9.01. The number of carbonyl (C=O) groups is 1. The highest BCUT2D eigenvalue weighted by molar-refractivity contribution is 5.77. The summed E-state index contributed by atoms with van der Waals surface area (Å²) in [5.41, 5.74) is 3.43. The summed E-state index contributed by atoms with van der Waals surface area (Å²) in [6.45, 7) is 5.56. The van der Waals surface area contributed by atoms with Crippen molar-refractivity contribution in [2.45, 2.75) is 76.2 Å². The Hall–Kier alpha value is -2.91. The molecule has 2 fully saturated rings. The summed E-state index contributed by atoms with van der Waals surface area (Å²) in [5.74, 6) is 0.714. The molecular weight excluding hydrogens is 525 g/mol. The number of rotatable bonds is 14. The fraction of sp³-hybridized carbons (Fsp3) is 0.625. The standard InChI is InChI=1S/C32H44FN3O5/c1-32(11-12-32)22-16-25(29(40-3)26(33)17-22)28(31(37)38)36-14-10-21(19-36)20-41-15-6-4-5-8-23-18-27(39-2)24-9-7-13-34-30(24)35-23/h16-18,21,28H,4-15,19-20H2,1-3H3,(H,34,35)(H,37,38)/t21-,28?/m1/s1. The Bertz CT molecular complexity index is 1220. The van der Waals surface area contributed by atoms with E-state index in [4.69, 9.17) is 19.2 Å². The number of methoxy groups -OCH3 is 2. The van der Waals surface area contributed by atoms with E-state index < -0.39 is 17.8 Å². The first-order chi connectivity index (χ1) is 19.8. The van der Waals surface area contributed by atoms with E-state index >= 15 is 0 Å². The van der Waals surface area contributed by atoms with Gasteiger partial charge < -0.3 is 24.6 Å². The second-order valence-electron chi connectivity index (χ2n) is 12.1. The molecular formula is C32H44FN3O5. The van der Waals surface area contributed by atoms with Crippen molar-refractivity contribution < 1.29 is 28.5 Å². The molecule has 2 atom stereocenters. The molecule has 224 valence electrons. The number of aromatic nitrogens is 1. The molecule has 1 saturated carbocycles. The number of unbranched alkanes of at least 4 members (excludes halogenated alkanes) is 2. The van der Waals surface area contributed by atoms with E-state index in [1.54, 1.807) is 7.11 Å². The number of pyridine rings is 1. The number of benzene rings is 1. The second kappa shape index (κ2) is 12.9. The van der Waals surface area contributed by atoms with Gasteiger partial charge in [-0.1, -0.05) is 13.3 Å². The molecule has 1 aliphatic carbocycles. The molecule has 1 aromatic heterocycles. The van der Waals surface area contributed by atoms with Gasteiger partial charge in [0.15, 0.2) is 11.6 Å². The van der Waals surface area contributed by atoms with E-state index in [1.165, 1.54) is 18.7 Å². The molecule has 3 aliphatic rings. The van der Waals surface area contributed by atoms with Gasteiger partial charge in [-0.3, -0.25) is 9.69 Å². The van der Waals surface area contributed by atoms with Crippen LogP contribution in [0.2, 0.25) is 0 Å². The molecule has 8 nitrogen and oxygen atoms in total. The minimum Gasteiger partial charge on any atom is -0.496 e. The van der Waals surface area contributed by atoms with Crippen LogP contribution in [0.25, 0.3) is 0 Å². The molecule has 0 spiro atoms. The summed E-state index contributed by atoms with van der Waals surface area (Å²) in [7, 11) is 3.12. The van der Waals surface area contributed by atoms with Crippen LogP contribution in [0.4, 0.5) is 10.2 Å². The zero-order valence-electron chi connectivity index (χ0n) is 24.6. The smallest absolute Gasteiger partial charge is 0.325 e.